The average Bonchev–Trinajstić information content (AvgIpc) is 2.59. The lowest BCUT2D eigenvalue weighted by Gasteiger charge is -2.19. The first-order chi connectivity index (χ1) is 12.6. The molecule has 0 saturated carbocycles. The monoisotopic (exact) mass is 380 g/mol. The Morgan fingerprint density at radius 2 is 1.96 bits per heavy atom. The third-order valence-electron chi connectivity index (χ3n) is 3.85. The van der Waals surface area contributed by atoms with Crippen molar-refractivity contribution in [2.45, 2.75) is 39.5 Å². The lowest BCUT2D eigenvalue weighted by Crippen LogP contribution is -2.25. The molecule has 1 aromatic carbocycles. The van der Waals surface area contributed by atoms with Gasteiger partial charge in [0.05, 0.1) is 0 Å². The van der Waals surface area contributed by atoms with E-state index in [-0.39, 0.29) is 18.2 Å². The maximum Gasteiger partial charge on any atom is 0.286 e. The molecule has 0 aliphatic heterocycles. The molecule has 0 heterocycles. The molecule has 1 rings (SSSR count). The molecule has 0 saturated heterocycles. The van der Waals surface area contributed by atoms with Gasteiger partial charge in [0.25, 0.3) is 5.92 Å². The summed E-state index contributed by atoms with van der Waals surface area (Å²) in [7, 11) is 0. The van der Waals surface area contributed by atoms with Crippen LogP contribution in [0.3, 0.4) is 0 Å². The third kappa shape index (κ3) is 6.92. The van der Waals surface area contributed by atoms with Crippen LogP contribution in [0, 0.1) is 16.6 Å². The highest BCUT2D eigenvalue weighted by Gasteiger charge is 2.27. The molecule has 7 heteroatoms. The SMILES string of the molecule is CCN/C=C(\C=N)CN/C(=C\C(=N)C(C)(F)F)c1ccc(F)cc1C(C)C. The zero-order chi connectivity index (χ0) is 20.6. The van der Waals surface area contributed by atoms with Crippen molar-refractivity contribution in [3.05, 3.63) is 53.0 Å². The second kappa shape index (κ2) is 9.94. The highest BCUT2D eigenvalue weighted by Crippen LogP contribution is 2.27. The van der Waals surface area contributed by atoms with Crippen LogP contribution in [0.25, 0.3) is 5.70 Å². The molecule has 0 bridgehead atoms. The molecule has 0 aromatic heterocycles. The van der Waals surface area contributed by atoms with Gasteiger partial charge in [0.1, 0.15) is 11.5 Å². The zero-order valence-corrected chi connectivity index (χ0v) is 16.1. The van der Waals surface area contributed by atoms with Gasteiger partial charge in [-0.25, -0.2) is 4.39 Å². The van der Waals surface area contributed by atoms with Gasteiger partial charge in [0.2, 0.25) is 0 Å². The molecule has 0 spiro atoms. The fraction of sp³-hybridized carbons (Fsp3) is 0.400. The molecule has 0 aliphatic rings. The fourth-order valence-electron chi connectivity index (χ4n) is 2.33. The Morgan fingerprint density at radius 1 is 1.30 bits per heavy atom. The minimum absolute atomic E-state index is 0.0447. The minimum Gasteiger partial charge on any atom is -0.391 e. The molecule has 4 N–H and O–H groups in total. The van der Waals surface area contributed by atoms with Crippen LogP contribution in [0.5, 0.6) is 0 Å². The first kappa shape index (κ1) is 22.5. The summed E-state index contributed by atoms with van der Waals surface area (Å²) in [6, 6.07) is 4.15. The summed E-state index contributed by atoms with van der Waals surface area (Å²) in [5, 5.41) is 21.1. The highest BCUT2D eigenvalue weighted by atomic mass is 19.3. The largest absolute Gasteiger partial charge is 0.391 e. The molecule has 4 nitrogen and oxygen atoms in total. The van der Waals surface area contributed by atoms with E-state index < -0.39 is 17.5 Å². The van der Waals surface area contributed by atoms with Gasteiger partial charge < -0.3 is 16.0 Å². The second-order valence-electron chi connectivity index (χ2n) is 6.52. The quantitative estimate of drug-likeness (QED) is 0.445. The Bertz CT molecular complexity index is 731. The van der Waals surface area contributed by atoms with Gasteiger partial charge in [-0.05, 0) is 42.7 Å². The van der Waals surface area contributed by atoms with Crippen molar-refractivity contribution in [2.24, 2.45) is 0 Å². The van der Waals surface area contributed by atoms with Crippen molar-refractivity contribution in [3.63, 3.8) is 0 Å². The van der Waals surface area contributed by atoms with Crippen LogP contribution in [-0.2, 0) is 0 Å². The number of benzene rings is 1. The van der Waals surface area contributed by atoms with Crippen molar-refractivity contribution in [3.8, 4) is 0 Å². The smallest absolute Gasteiger partial charge is 0.286 e. The number of allylic oxidation sites excluding steroid dienone is 1. The van der Waals surface area contributed by atoms with Gasteiger partial charge in [0, 0.05) is 49.3 Å². The second-order valence-corrected chi connectivity index (χ2v) is 6.52. The Morgan fingerprint density at radius 3 is 2.48 bits per heavy atom. The molecule has 0 aliphatic carbocycles. The summed E-state index contributed by atoms with van der Waals surface area (Å²) in [5.41, 5.74) is 1.23. The van der Waals surface area contributed by atoms with E-state index >= 15 is 0 Å². The summed E-state index contributed by atoms with van der Waals surface area (Å²) >= 11 is 0. The van der Waals surface area contributed by atoms with Crippen molar-refractivity contribution in [2.75, 3.05) is 13.1 Å². The van der Waals surface area contributed by atoms with Crippen LogP contribution in [0.2, 0.25) is 0 Å². The van der Waals surface area contributed by atoms with E-state index in [0.29, 0.717) is 30.2 Å². The van der Waals surface area contributed by atoms with Gasteiger partial charge >= 0.3 is 0 Å². The summed E-state index contributed by atoms with van der Waals surface area (Å²) in [5.74, 6) is -3.75. The Labute approximate surface area is 158 Å². The van der Waals surface area contributed by atoms with E-state index in [0.717, 1.165) is 12.3 Å². The molecule has 148 valence electrons. The van der Waals surface area contributed by atoms with Gasteiger partial charge in [-0.15, -0.1) is 0 Å². The summed E-state index contributed by atoms with van der Waals surface area (Å²) in [4.78, 5) is 0. The predicted molar refractivity (Wildman–Crippen MR) is 105 cm³/mol. The summed E-state index contributed by atoms with van der Waals surface area (Å²) < 4.78 is 40.7. The fourth-order valence-corrected chi connectivity index (χ4v) is 2.33. The third-order valence-corrected chi connectivity index (χ3v) is 3.85. The molecule has 0 radical (unpaired) electrons. The lowest BCUT2D eigenvalue weighted by atomic mass is 9.94. The number of alkyl halides is 2. The first-order valence-corrected chi connectivity index (χ1v) is 8.75. The van der Waals surface area contributed by atoms with Crippen LogP contribution < -0.4 is 10.6 Å². The minimum atomic E-state index is -3.30. The van der Waals surface area contributed by atoms with Crippen molar-refractivity contribution < 1.29 is 13.2 Å². The number of nitrogens with one attached hydrogen (secondary N) is 4. The Hall–Kier alpha value is -2.57. The molecule has 0 amide bonds. The van der Waals surface area contributed by atoms with Gasteiger partial charge in [0.15, 0.2) is 0 Å². The summed E-state index contributed by atoms with van der Waals surface area (Å²) in [6.07, 6.45) is 3.88. The Balaban J connectivity index is 3.34. The van der Waals surface area contributed by atoms with Crippen LogP contribution in [-0.4, -0.2) is 30.9 Å². The summed E-state index contributed by atoms with van der Waals surface area (Å²) in [6.45, 7) is 7.20. The van der Waals surface area contributed by atoms with E-state index in [2.05, 4.69) is 10.6 Å². The van der Waals surface area contributed by atoms with Crippen LogP contribution in [0.4, 0.5) is 13.2 Å². The maximum absolute atomic E-state index is 13.7. The molecular weight excluding hydrogens is 353 g/mol. The molecule has 0 fully saturated rings. The molecule has 1 aromatic rings. The first-order valence-electron chi connectivity index (χ1n) is 8.75. The van der Waals surface area contributed by atoms with E-state index in [9.17, 15) is 13.2 Å². The van der Waals surface area contributed by atoms with Crippen LogP contribution in [0.1, 0.15) is 44.7 Å². The molecule has 0 unspecified atom stereocenters. The number of halogens is 3. The van der Waals surface area contributed by atoms with Crippen LogP contribution >= 0.6 is 0 Å². The van der Waals surface area contributed by atoms with Crippen LogP contribution in [0.15, 0.2) is 36.0 Å². The number of hydrogen-bond acceptors (Lipinski definition) is 4. The number of rotatable bonds is 10. The predicted octanol–water partition coefficient (Wildman–Crippen LogP) is 4.70. The highest BCUT2D eigenvalue weighted by molar-refractivity contribution is 6.03. The standard InChI is InChI=1S/C20H27F3N4/c1-5-26-11-14(10-24)12-27-18(9-19(25)20(4,22)23)16-7-6-15(21)8-17(16)13(2)3/h6-11,13,24-27H,5,12H2,1-4H3/b14-11+,18-9-,24-10?,25-19?. The lowest BCUT2D eigenvalue weighted by molar-refractivity contribution is 0.101. The topological polar surface area (TPSA) is 71.8 Å². The normalized spacial score (nSPS) is 12.9. The Kier molecular flexibility index (Phi) is 8.28. The molecule has 27 heavy (non-hydrogen) atoms. The van der Waals surface area contributed by atoms with Crippen molar-refractivity contribution >= 4 is 17.6 Å². The van der Waals surface area contributed by atoms with Crippen molar-refractivity contribution in [1.29, 1.82) is 10.8 Å². The van der Waals surface area contributed by atoms with Gasteiger partial charge in [-0.3, -0.25) is 5.41 Å². The average molecular weight is 380 g/mol. The number of hydrogen-bond donors (Lipinski definition) is 4. The van der Waals surface area contributed by atoms with E-state index in [1.165, 1.54) is 18.2 Å². The van der Waals surface area contributed by atoms with Gasteiger partial charge in [-0.2, -0.15) is 8.78 Å². The van der Waals surface area contributed by atoms with Gasteiger partial charge in [-0.1, -0.05) is 13.8 Å². The molecule has 0 atom stereocenters. The van der Waals surface area contributed by atoms with E-state index in [1.807, 2.05) is 20.8 Å². The molecular formula is C20H27F3N4. The van der Waals surface area contributed by atoms with E-state index in [1.54, 1.807) is 6.20 Å². The maximum atomic E-state index is 13.7. The van der Waals surface area contributed by atoms with Crippen molar-refractivity contribution in [1.82, 2.24) is 10.6 Å². The zero-order valence-electron chi connectivity index (χ0n) is 16.1. The van der Waals surface area contributed by atoms with E-state index in [4.69, 9.17) is 10.8 Å².